The molecule has 8 nitrogen and oxygen atoms in total. The molecule has 2 aromatic carbocycles. The number of hydrazone groups is 1. The Labute approximate surface area is 159 Å². The third-order valence-corrected chi connectivity index (χ3v) is 4.21. The normalized spacial score (nSPS) is 11.0. The van der Waals surface area contributed by atoms with Crippen molar-refractivity contribution in [2.75, 3.05) is 5.43 Å². The summed E-state index contributed by atoms with van der Waals surface area (Å²) in [6.45, 7) is 0. The molecule has 0 spiro atoms. The zero-order valence-electron chi connectivity index (χ0n) is 14.9. The summed E-state index contributed by atoms with van der Waals surface area (Å²) in [6, 6.07) is 16.7. The van der Waals surface area contributed by atoms with Crippen LogP contribution in [0.5, 0.6) is 0 Å². The average Bonchev–Trinajstić information content (AvgIpc) is 3.09. The van der Waals surface area contributed by atoms with Crippen LogP contribution in [0.3, 0.4) is 0 Å². The Hall–Kier alpha value is -4.25. The van der Waals surface area contributed by atoms with E-state index in [9.17, 15) is 10.1 Å². The third-order valence-electron chi connectivity index (χ3n) is 4.21. The molecule has 0 unspecified atom stereocenters. The van der Waals surface area contributed by atoms with Crippen LogP contribution in [0, 0.1) is 11.3 Å². The minimum atomic E-state index is -0.523. The van der Waals surface area contributed by atoms with Gasteiger partial charge in [-0.1, -0.05) is 36.4 Å². The molecule has 0 bridgehead atoms. The van der Waals surface area contributed by atoms with Crippen molar-refractivity contribution in [2.45, 2.75) is 0 Å². The van der Waals surface area contributed by atoms with E-state index in [0.29, 0.717) is 11.3 Å². The first-order valence-corrected chi connectivity index (χ1v) is 8.45. The van der Waals surface area contributed by atoms with Crippen LogP contribution < -0.4 is 11.0 Å². The van der Waals surface area contributed by atoms with Gasteiger partial charge in [-0.15, -0.1) is 0 Å². The lowest BCUT2D eigenvalue weighted by Gasteiger charge is -2.06. The van der Waals surface area contributed by atoms with Gasteiger partial charge in [-0.25, -0.2) is 15.4 Å². The Morgan fingerprint density at radius 3 is 2.86 bits per heavy atom. The Balaban J connectivity index is 1.63. The number of hydrogen-bond donors (Lipinski definition) is 2. The summed E-state index contributed by atoms with van der Waals surface area (Å²) in [5, 5.41) is 13.4. The predicted octanol–water partition coefficient (Wildman–Crippen LogP) is 2.64. The first-order chi connectivity index (χ1) is 13.7. The fourth-order valence-electron chi connectivity index (χ4n) is 2.83. The van der Waals surface area contributed by atoms with E-state index in [1.54, 1.807) is 24.7 Å². The van der Waals surface area contributed by atoms with Crippen LogP contribution in [-0.2, 0) is 7.05 Å². The van der Waals surface area contributed by atoms with Crippen molar-refractivity contribution in [3.8, 4) is 17.3 Å². The number of aromatic nitrogens is 4. The van der Waals surface area contributed by atoms with Crippen molar-refractivity contribution in [2.24, 2.45) is 12.1 Å². The maximum Gasteiger partial charge on any atom is 0.270 e. The zero-order valence-corrected chi connectivity index (χ0v) is 14.9. The molecule has 0 aliphatic carbocycles. The highest BCUT2D eigenvalue weighted by Crippen LogP contribution is 2.19. The molecular weight excluding hydrogens is 354 g/mol. The highest BCUT2D eigenvalue weighted by molar-refractivity contribution is 5.87. The van der Waals surface area contributed by atoms with E-state index < -0.39 is 5.56 Å². The minimum absolute atomic E-state index is 0.0395. The molecule has 2 aromatic heterocycles. The van der Waals surface area contributed by atoms with Gasteiger partial charge in [0.05, 0.1) is 29.3 Å². The number of H-pyrrole nitrogens is 1. The quantitative estimate of drug-likeness (QED) is 0.424. The van der Waals surface area contributed by atoms with Crippen LogP contribution in [0.4, 0.5) is 5.95 Å². The summed E-state index contributed by atoms with van der Waals surface area (Å²) < 4.78 is 1.92. The lowest BCUT2D eigenvalue weighted by Crippen LogP contribution is -2.16. The number of aryl methyl sites for hydroxylation is 1. The number of benzene rings is 2. The predicted molar refractivity (Wildman–Crippen MR) is 107 cm³/mol. The van der Waals surface area contributed by atoms with Gasteiger partial charge in [0.15, 0.2) is 0 Å². The van der Waals surface area contributed by atoms with Crippen LogP contribution in [-0.4, -0.2) is 25.7 Å². The standard InChI is InChI=1S/C20H15N7O/c1-27-12-22-16-8-7-13(9-17(16)27)11-23-26-20-24-18(14-5-3-2-4-6-14)15(10-21)19(28)25-20/h2-9,11-12H,1H3,(H2,24,25,26,28). The van der Waals surface area contributed by atoms with Gasteiger partial charge in [0.1, 0.15) is 11.6 Å². The van der Waals surface area contributed by atoms with Gasteiger partial charge in [-0.2, -0.15) is 10.4 Å². The molecule has 0 amide bonds. The molecule has 4 rings (SSSR count). The van der Waals surface area contributed by atoms with E-state index in [2.05, 4.69) is 25.5 Å². The molecule has 0 aliphatic heterocycles. The molecule has 8 heteroatoms. The number of aromatic amines is 1. The van der Waals surface area contributed by atoms with Gasteiger partial charge in [0.25, 0.3) is 5.56 Å². The zero-order chi connectivity index (χ0) is 19.5. The molecule has 0 aliphatic rings. The van der Waals surface area contributed by atoms with E-state index in [1.165, 1.54) is 0 Å². The maximum absolute atomic E-state index is 12.2. The van der Waals surface area contributed by atoms with Gasteiger partial charge in [-0.3, -0.25) is 9.78 Å². The molecular formula is C20H15N7O. The number of imidazole rings is 1. The average molecular weight is 369 g/mol. The SMILES string of the molecule is Cn1cnc2ccc(C=NNc3nc(-c4ccccc4)c(C#N)c(=O)[nH]3)cc21. The summed E-state index contributed by atoms with van der Waals surface area (Å²) in [7, 11) is 1.92. The largest absolute Gasteiger partial charge is 0.334 e. The number of nitriles is 1. The van der Waals surface area contributed by atoms with Gasteiger partial charge in [0.2, 0.25) is 5.95 Å². The van der Waals surface area contributed by atoms with Crippen molar-refractivity contribution in [1.82, 2.24) is 19.5 Å². The molecule has 0 saturated carbocycles. The molecule has 2 N–H and O–H groups in total. The molecule has 0 atom stereocenters. The Morgan fingerprint density at radius 2 is 2.07 bits per heavy atom. The molecule has 2 heterocycles. The van der Waals surface area contributed by atoms with Crippen molar-refractivity contribution in [3.63, 3.8) is 0 Å². The Kier molecular flexibility index (Phi) is 4.40. The Morgan fingerprint density at radius 1 is 1.25 bits per heavy atom. The number of nitrogens with zero attached hydrogens (tertiary/aromatic N) is 5. The number of hydrogen-bond acceptors (Lipinski definition) is 6. The Bertz CT molecular complexity index is 1280. The summed E-state index contributed by atoms with van der Waals surface area (Å²) in [6.07, 6.45) is 3.37. The smallest absolute Gasteiger partial charge is 0.270 e. The first-order valence-electron chi connectivity index (χ1n) is 8.45. The highest BCUT2D eigenvalue weighted by atomic mass is 16.1. The second kappa shape index (κ2) is 7.17. The van der Waals surface area contributed by atoms with Crippen molar-refractivity contribution in [1.29, 1.82) is 5.26 Å². The number of anilines is 1. The topological polar surface area (TPSA) is 112 Å². The molecule has 4 aromatic rings. The van der Waals surface area contributed by atoms with E-state index in [0.717, 1.165) is 16.6 Å². The van der Waals surface area contributed by atoms with Crippen LogP contribution in [0.2, 0.25) is 0 Å². The summed E-state index contributed by atoms with van der Waals surface area (Å²) in [5.74, 6) is 0.153. The fourth-order valence-corrected chi connectivity index (χ4v) is 2.83. The van der Waals surface area contributed by atoms with E-state index in [1.807, 2.05) is 54.1 Å². The number of nitrogens with one attached hydrogen (secondary N) is 2. The fraction of sp³-hybridized carbons (Fsp3) is 0.0500. The molecule has 28 heavy (non-hydrogen) atoms. The van der Waals surface area contributed by atoms with Crippen LogP contribution >= 0.6 is 0 Å². The second-order valence-electron chi connectivity index (χ2n) is 6.09. The number of fused-ring (bicyclic) bond motifs is 1. The molecule has 136 valence electrons. The van der Waals surface area contributed by atoms with Crippen molar-refractivity contribution in [3.05, 3.63) is 76.3 Å². The summed E-state index contributed by atoms with van der Waals surface area (Å²) in [4.78, 5) is 23.4. The van der Waals surface area contributed by atoms with Crippen molar-refractivity contribution < 1.29 is 0 Å². The van der Waals surface area contributed by atoms with E-state index >= 15 is 0 Å². The second-order valence-corrected chi connectivity index (χ2v) is 6.09. The maximum atomic E-state index is 12.2. The number of rotatable bonds is 4. The lowest BCUT2D eigenvalue weighted by atomic mass is 10.1. The third kappa shape index (κ3) is 3.24. The van der Waals surface area contributed by atoms with Gasteiger partial charge in [-0.05, 0) is 17.7 Å². The minimum Gasteiger partial charge on any atom is -0.334 e. The molecule has 0 radical (unpaired) electrons. The molecule has 0 fully saturated rings. The van der Waals surface area contributed by atoms with E-state index in [-0.39, 0.29) is 11.5 Å². The van der Waals surface area contributed by atoms with Gasteiger partial charge >= 0.3 is 0 Å². The summed E-state index contributed by atoms with van der Waals surface area (Å²) in [5.41, 5.74) is 5.90. The highest BCUT2D eigenvalue weighted by Gasteiger charge is 2.12. The van der Waals surface area contributed by atoms with Crippen LogP contribution in [0.15, 0.2) is 64.8 Å². The van der Waals surface area contributed by atoms with E-state index in [4.69, 9.17) is 0 Å². The lowest BCUT2D eigenvalue weighted by molar-refractivity contribution is 0.947. The molecule has 0 saturated heterocycles. The summed E-state index contributed by atoms with van der Waals surface area (Å²) >= 11 is 0. The van der Waals surface area contributed by atoms with Crippen molar-refractivity contribution >= 4 is 23.2 Å². The van der Waals surface area contributed by atoms with Gasteiger partial charge < -0.3 is 4.57 Å². The first kappa shape index (κ1) is 17.2. The monoisotopic (exact) mass is 369 g/mol. The van der Waals surface area contributed by atoms with Gasteiger partial charge in [0, 0.05) is 12.6 Å². The van der Waals surface area contributed by atoms with Crippen LogP contribution in [0.25, 0.3) is 22.3 Å². The van der Waals surface area contributed by atoms with Crippen LogP contribution in [0.1, 0.15) is 11.1 Å².